The second-order valence-electron chi connectivity index (χ2n) is 7.36. The molecule has 0 aromatic heterocycles. The zero-order valence-electron chi connectivity index (χ0n) is 12.1. The fraction of sp³-hybridized carbons (Fsp3) is 1.00. The highest BCUT2D eigenvalue weighted by Gasteiger charge is 2.32. The van der Waals surface area contributed by atoms with Crippen LogP contribution < -0.4 is 5.32 Å². The van der Waals surface area contributed by atoms with E-state index in [4.69, 9.17) is 0 Å². The molecule has 0 amide bonds. The van der Waals surface area contributed by atoms with Crippen molar-refractivity contribution >= 4 is 0 Å². The van der Waals surface area contributed by atoms with Crippen LogP contribution in [0.15, 0.2) is 0 Å². The first-order valence-corrected chi connectivity index (χ1v) is 7.44. The van der Waals surface area contributed by atoms with Gasteiger partial charge in [0.1, 0.15) is 0 Å². The topological polar surface area (TPSA) is 15.3 Å². The molecule has 0 aromatic carbocycles. The van der Waals surface area contributed by atoms with E-state index in [1.165, 1.54) is 45.3 Å². The van der Waals surface area contributed by atoms with Crippen molar-refractivity contribution in [3.05, 3.63) is 0 Å². The van der Waals surface area contributed by atoms with Gasteiger partial charge in [0.15, 0.2) is 0 Å². The van der Waals surface area contributed by atoms with E-state index >= 15 is 0 Å². The zero-order chi connectivity index (χ0) is 12.5. The summed E-state index contributed by atoms with van der Waals surface area (Å²) in [5.74, 6) is 0.889. The fourth-order valence-electron chi connectivity index (χ4n) is 3.28. The molecular formula is C15H30N2. The van der Waals surface area contributed by atoms with Crippen LogP contribution >= 0.6 is 0 Å². The van der Waals surface area contributed by atoms with E-state index in [0.717, 1.165) is 18.0 Å². The van der Waals surface area contributed by atoms with Crippen LogP contribution in [0.5, 0.6) is 0 Å². The van der Waals surface area contributed by atoms with Crippen LogP contribution in [0.1, 0.15) is 53.4 Å². The Bertz CT molecular complexity index is 240. The second-order valence-corrected chi connectivity index (χ2v) is 7.36. The number of nitrogens with zero attached hydrogens (tertiary/aromatic N) is 1. The van der Waals surface area contributed by atoms with Crippen LogP contribution in [-0.2, 0) is 0 Å². The van der Waals surface area contributed by atoms with Gasteiger partial charge >= 0.3 is 0 Å². The minimum atomic E-state index is 0.478. The molecule has 2 unspecified atom stereocenters. The van der Waals surface area contributed by atoms with Crippen molar-refractivity contribution in [3.8, 4) is 0 Å². The summed E-state index contributed by atoms with van der Waals surface area (Å²) in [5, 5.41) is 3.83. The molecule has 0 spiro atoms. The molecule has 1 aliphatic carbocycles. The molecule has 2 heteroatoms. The number of nitrogens with one attached hydrogen (secondary N) is 1. The molecular weight excluding hydrogens is 208 g/mol. The molecule has 2 atom stereocenters. The molecule has 2 rings (SSSR count). The molecule has 0 bridgehead atoms. The van der Waals surface area contributed by atoms with Crippen LogP contribution in [0.4, 0.5) is 0 Å². The van der Waals surface area contributed by atoms with Crippen LogP contribution in [0.2, 0.25) is 0 Å². The lowest BCUT2D eigenvalue weighted by molar-refractivity contribution is 0.118. The van der Waals surface area contributed by atoms with Crippen molar-refractivity contribution in [1.29, 1.82) is 0 Å². The lowest BCUT2D eigenvalue weighted by Crippen LogP contribution is -2.50. The summed E-state index contributed by atoms with van der Waals surface area (Å²) >= 11 is 0. The van der Waals surface area contributed by atoms with Gasteiger partial charge in [-0.05, 0) is 43.6 Å². The van der Waals surface area contributed by atoms with Gasteiger partial charge in [-0.25, -0.2) is 0 Å². The summed E-state index contributed by atoms with van der Waals surface area (Å²) in [6, 6.07) is 1.61. The molecule has 1 saturated heterocycles. The first-order valence-electron chi connectivity index (χ1n) is 7.44. The van der Waals surface area contributed by atoms with Crippen LogP contribution in [-0.4, -0.2) is 36.6 Å². The van der Waals surface area contributed by atoms with Gasteiger partial charge in [0, 0.05) is 25.2 Å². The van der Waals surface area contributed by atoms with Crippen molar-refractivity contribution in [2.75, 3.05) is 19.6 Å². The normalized spacial score (nSPS) is 31.8. The minimum absolute atomic E-state index is 0.478. The standard InChI is InChI=1S/C15H30N2/c1-5-17-10-12(9-15(2,3)4)8-14(11-17)16-13-6-7-13/h12-14,16H,5-11H2,1-4H3. The Kier molecular flexibility index (Phi) is 4.14. The molecule has 17 heavy (non-hydrogen) atoms. The fourth-order valence-corrected chi connectivity index (χ4v) is 3.28. The molecule has 1 N–H and O–H groups in total. The quantitative estimate of drug-likeness (QED) is 0.810. The Morgan fingerprint density at radius 2 is 1.82 bits per heavy atom. The van der Waals surface area contributed by atoms with Crippen molar-refractivity contribution in [1.82, 2.24) is 10.2 Å². The smallest absolute Gasteiger partial charge is 0.0200 e. The molecule has 2 aliphatic rings. The van der Waals surface area contributed by atoms with Gasteiger partial charge in [-0.15, -0.1) is 0 Å². The zero-order valence-corrected chi connectivity index (χ0v) is 12.1. The molecule has 1 saturated carbocycles. The Balaban J connectivity index is 1.87. The second kappa shape index (κ2) is 5.27. The first kappa shape index (κ1) is 13.4. The van der Waals surface area contributed by atoms with Crippen LogP contribution in [0.25, 0.3) is 0 Å². The molecule has 100 valence electrons. The predicted molar refractivity (Wildman–Crippen MR) is 74.2 cm³/mol. The average molecular weight is 238 g/mol. The van der Waals surface area contributed by atoms with Crippen molar-refractivity contribution in [2.24, 2.45) is 11.3 Å². The van der Waals surface area contributed by atoms with E-state index in [0.29, 0.717) is 5.41 Å². The summed E-state index contributed by atoms with van der Waals surface area (Å²) in [6.07, 6.45) is 5.58. The SMILES string of the molecule is CCN1CC(CC(C)(C)C)CC(NC2CC2)C1. The van der Waals surface area contributed by atoms with Crippen molar-refractivity contribution in [2.45, 2.75) is 65.5 Å². The van der Waals surface area contributed by atoms with E-state index in [-0.39, 0.29) is 0 Å². The number of likely N-dealkylation sites (N-methyl/N-ethyl adjacent to an activating group) is 1. The Hall–Kier alpha value is -0.0800. The van der Waals surface area contributed by atoms with E-state index in [1.807, 2.05) is 0 Å². The molecule has 1 aliphatic heterocycles. The Labute approximate surface area is 107 Å². The lowest BCUT2D eigenvalue weighted by Gasteiger charge is -2.40. The van der Waals surface area contributed by atoms with Gasteiger partial charge in [-0.1, -0.05) is 27.7 Å². The summed E-state index contributed by atoms with van der Waals surface area (Å²) in [5.41, 5.74) is 0.478. The molecule has 0 radical (unpaired) electrons. The van der Waals surface area contributed by atoms with Gasteiger partial charge < -0.3 is 10.2 Å². The first-order chi connectivity index (χ1) is 7.96. The van der Waals surface area contributed by atoms with Gasteiger partial charge in [0.25, 0.3) is 0 Å². The highest BCUT2D eigenvalue weighted by molar-refractivity contribution is 4.90. The highest BCUT2D eigenvalue weighted by atomic mass is 15.2. The van der Waals surface area contributed by atoms with Crippen LogP contribution in [0.3, 0.4) is 0 Å². The minimum Gasteiger partial charge on any atom is -0.310 e. The molecule has 1 heterocycles. The summed E-state index contributed by atoms with van der Waals surface area (Å²) in [4.78, 5) is 2.64. The van der Waals surface area contributed by atoms with Gasteiger partial charge in [0.2, 0.25) is 0 Å². The third-order valence-electron chi connectivity index (χ3n) is 4.01. The largest absolute Gasteiger partial charge is 0.310 e. The third-order valence-corrected chi connectivity index (χ3v) is 4.01. The molecule has 2 fully saturated rings. The Morgan fingerprint density at radius 3 is 2.35 bits per heavy atom. The summed E-state index contributed by atoms with van der Waals surface area (Å²) in [7, 11) is 0. The van der Waals surface area contributed by atoms with Crippen molar-refractivity contribution < 1.29 is 0 Å². The van der Waals surface area contributed by atoms with Crippen molar-refractivity contribution in [3.63, 3.8) is 0 Å². The monoisotopic (exact) mass is 238 g/mol. The lowest BCUT2D eigenvalue weighted by atomic mass is 9.80. The number of rotatable bonds is 4. The number of hydrogen-bond donors (Lipinski definition) is 1. The number of hydrogen-bond acceptors (Lipinski definition) is 2. The summed E-state index contributed by atoms with van der Waals surface area (Å²) in [6.45, 7) is 13.2. The average Bonchev–Trinajstić information content (AvgIpc) is 2.98. The van der Waals surface area contributed by atoms with Gasteiger partial charge in [-0.3, -0.25) is 0 Å². The third kappa shape index (κ3) is 4.59. The number of likely N-dealkylation sites (tertiary alicyclic amines) is 1. The van der Waals surface area contributed by atoms with E-state index in [9.17, 15) is 0 Å². The predicted octanol–water partition coefficient (Wildman–Crippen LogP) is 2.89. The van der Waals surface area contributed by atoms with E-state index < -0.39 is 0 Å². The number of piperidine rings is 1. The summed E-state index contributed by atoms with van der Waals surface area (Å²) < 4.78 is 0. The van der Waals surface area contributed by atoms with E-state index in [2.05, 4.69) is 37.9 Å². The van der Waals surface area contributed by atoms with E-state index in [1.54, 1.807) is 0 Å². The maximum atomic E-state index is 3.83. The Morgan fingerprint density at radius 1 is 1.12 bits per heavy atom. The maximum absolute atomic E-state index is 3.83. The van der Waals surface area contributed by atoms with Crippen LogP contribution in [0, 0.1) is 11.3 Å². The highest BCUT2D eigenvalue weighted by Crippen LogP contribution is 2.31. The van der Waals surface area contributed by atoms with Gasteiger partial charge in [-0.2, -0.15) is 0 Å². The van der Waals surface area contributed by atoms with Gasteiger partial charge in [0.05, 0.1) is 0 Å². The molecule has 0 aromatic rings. The molecule has 2 nitrogen and oxygen atoms in total. The maximum Gasteiger partial charge on any atom is 0.0200 e.